The average Bonchev–Trinajstić information content (AvgIpc) is 2.09. The van der Waals surface area contributed by atoms with Crippen LogP contribution in [0.5, 0.6) is 0 Å². The van der Waals surface area contributed by atoms with Gasteiger partial charge in [0.15, 0.2) is 0 Å². The summed E-state index contributed by atoms with van der Waals surface area (Å²) in [7, 11) is 1.85. The van der Waals surface area contributed by atoms with Crippen molar-refractivity contribution in [3.63, 3.8) is 0 Å². The minimum atomic E-state index is 0.537. The van der Waals surface area contributed by atoms with Crippen LogP contribution in [0.1, 0.15) is 45.4 Å². The van der Waals surface area contributed by atoms with Crippen molar-refractivity contribution in [2.75, 3.05) is 7.11 Å². The van der Waals surface area contributed by atoms with Crippen LogP contribution in [0, 0.1) is 5.92 Å². The third-order valence-corrected chi connectivity index (χ3v) is 2.88. The van der Waals surface area contributed by atoms with Crippen LogP contribution in [0.15, 0.2) is 0 Å². The highest BCUT2D eigenvalue weighted by Crippen LogP contribution is 2.28. The third kappa shape index (κ3) is 2.48. The normalized spacial score (nSPS) is 23.5. The molecule has 1 aliphatic rings. The molecular formula is C10H20O. The van der Waals surface area contributed by atoms with Gasteiger partial charge in [-0.25, -0.2) is 0 Å². The quantitative estimate of drug-likeness (QED) is 0.610. The molecule has 1 rings (SSSR count). The summed E-state index contributed by atoms with van der Waals surface area (Å²) < 4.78 is 5.44. The largest absolute Gasteiger partial charge is 0.381 e. The van der Waals surface area contributed by atoms with Gasteiger partial charge in [-0.3, -0.25) is 0 Å². The van der Waals surface area contributed by atoms with Crippen molar-refractivity contribution < 1.29 is 4.74 Å². The van der Waals surface area contributed by atoms with Gasteiger partial charge in [-0.15, -0.1) is 0 Å². The highest BCUT2D eigenvalue weighted by Gasteiger charge is 2.21. The minimum absolute atomic E-state index is 0.537. The van der Waals surface area contributed by atoms with Gasteiger partial charge in [0, 0.05) is 7.11 Å². The maximum Gasteiger partial charge on any atom is 0.0596 e. The van der Waals surface area contributed by atoms with Crippen LogP contribution in [0.4, 0.5) is 0 Å². The second-order valence-electron chi connectivity index (χ2n) is 3.58. The van der Waals surface area contributed by atoms with Gasteiger partial charge >= 0.3 is 0 Å². The van der Waals surface area contributed by atoms with Crippen LogP contribution < -0.4 is 0 Å². The summed E-state index contributed by atoms with van der Waals surface area (Å²) in [5.41, 5.74) is 0. The van der Waals surface area contributed by atoms with Gasteiger partial charge in [0.2, 0.25) is 0 Å². The molecule has 1 saturated carbocycles. The maximum atomic E-state index is 5.44. The summed E-state index contributed by atoms with van der Waals surface area (Å²) >= 11 is 0. The van der Waals surface area contributed by atoms with Crippen molar-refractivity contribution in [1.82, 2.24) is 0 Å². The van der Waals surface area contributed by atoms with Crippen molar-refractivity contribution in [2.45, 2.75) is 51.6 Å². The first kappa shape index (κ1) is 9.05. The highest BCUT2D eigenvalue weighted by molar-refractivity contribution is 4.72. The van der Waals surface area contributed by atoms with Crippen LogP contribution in [-0.2, 0) is 4.74 Å². The summed E-state index contributed by atoms with van der Waals surface area (Å²) in [5, 5.41) is 0. The third-order valence-electron chi connectivity index (χ3n) is 2.88. The SMILES string of the molecule is CC[C@@H](OC)C1CCCCC1. The number of ether oxygens (including phenoxy) is 1. The molecule has 1 atom stereocenters. The Balaban J connectivity index is 2.30. The second-order valence-corrected chi connectivity index (χ2v) is 3.58. The van der Waals surface area contributed by atoms with E-state index in [1.165, 1.54) is 38.5 Å². The Morgan fingerprint density at radius 1 is 1.27 bits per heavy atom. The second kappa shape index (κ2) is 4.76. The predicted molar refractivity (Wildman–Crippen MR) is 47.7 cm³/mol. The molecule has 1 fully saturated rings. The molecule has 0 unspecified atom stereocenters. The first-order valence-corrected chi connectivity index (χ1v) is 4.91. The summed E-state index contributed by atoms with van der Waals surface area (Å²) in [4.78, 5) is 0. The van der Waals surface area contributed by atoms with E-state index in [-0.39, 0.29) is 0 Å². The lowest BCUT2D eigenvalue weighted by molar-refractivity contribution is 0.0340. The van der Waals surface area contributed by atoms with E-state index in [9.17, 15) is 0 Å². The van der Waals surface area contributed by atoms with Gasteiger partial charge in [-0.2, -0.15) is 0 Å². The number of hydrogen-bond acceptors (Lipinski definition) is 1. The minimum Gasteiger partial charge on any atom is -0.381 e. The van der Waals surface area contributed by atoms with Crippen molar-refractivity contribution >= 4 is 0 Å². The molecule has 0 amide bonds. The zero-order valence-corrected chi connectivity index (χ0v) is 7.81. The molecule has 1 heteroatoms. The van der Waals surface area contributed by atoms with Gasteiger partial charge in [-0.05, 0) is 25.2 Å². The Hall–Kier alpha value is -0.0400. The van der Waals surface area contributed by atoms with Crippen LogP contribution in [0.3, 0.4) is 0 Å². The van der Waals surface area contributed by atoms with Crippen LogP contribution in [0.25, 0.3) is 0 Å². The molecule has 0 saturated heterocycles. The van der Waals surface area contributed by atoms with Gasteiger partial charge in [0.25, 0.3) is 0 Å². The first-order valence-electron chi connectivity index (χ1n) is 4.91. The maximum absolute atomic E-state index is 5.44. The molecule has 0 heterocycles. The number of hydrogen-bond donors (Lipinski definition) is 0. The molecule has 0 aliphatic heterocycles. The molecular weight excluding hydrogens is 136 g/mol. The zero-order valence-electron chi connectivity index (χ0n) is 7.81. The van der Waals surface area contributed by atoms with E-state index in [0.717, 1.165) is 5.92 Å². The molecule has 0 aromatic heterocycles. The Kier molecular flexibility index (Phi) is 3.92. The lowest BCUT2D eigenvalue weighted by Crippen LogP contribution is -2.24. The Morgan fingerprint density at radius 3 is 2.36 bits per heavy atom. The molecule has 11 heavy (non-hydrogen) atoms. The highest BCUT2D eigenvalue weighted by atomic mass is 16.5. The first-order chi connectivity index (χ1) is 5.38. The fraction of sp³-hybridized carbons (Fsp3) is 1.00. The lowest BCUT2D eigenvalue weighted by atomic mass is 9.84. The lowest BCUT2D eigenvalue weighted by Gasteiger charge is -2.28. The molecule has 1 nitrogen and oxygen atoms in total. The van der Waals surface area contributed by atoms with E-state index in [0.29, 0.717) is 6.10 Å². The predicted octanol–water partition coefficient (Wildman–Crippen LogP) is 2.99. The Bertz CT molecular complexity index is 91.0. The van der Waals surface area contributed by atoms with Crippen LogP contribution >= 0.6 is 0 Å². The van der Waals surface area contributed by atoms with E-state index < -0.39 is 0 Å². The van der Waals surface area contributed by atoms with E-state index in [4.69, 9.17) is 4.74 Å². The fourth-order valence-electron chi connectivity index (χ4n) is 2.20. The van der Waals surface area contributed by atoms with Crippen molar-refractivity contribution in [3.8, 4) is 0 Å². The monoisotopic (exact) mass is 156 g/mol. The van der Waals surface area contributed by atoms with E-state index in [2.05, 4.69) is 6.92 Å². The van der Waals surface area contributed by atoms with Gasteiger partial charge in [0.1, 0.15) is 0 Å². The molecule has 0 aromatic rings. The van der Waals surface area contributed by atoms with Gasteiger partial charge in [0.05, 0.1) is 6.10 Å². The van der Waals surface area contributed by atoms with Crippen molar-refractivity contribution in [1.29, 1.82) is 0 Å². The Morgan fingerprint density at radius 2 is 1.91 bits per heavy atom. The van der Waals surface area contributed by atoms with Crippen molar-refractivity contribution in [2.24, 2.45) is 5.92 Å². The molecule has 0 bridgehead atoms. The fourth-order valence-corrected chi connectivity index (χ4v) is 2.20. The number of rotatable bonds is 3. The molecule has 66 valence electrons. The summed E-state index contributed by atoms with van der Waals surface area (Å²) in [6.07, 6.45) is 8.79. The van der Waals surface area contributed by atoms with E-state index in [1.807, 2.05) is 7.11 Å². The van der Waals surface area contributed by atoms with E-state index in [1.54, 1.807) is 0 Å². The number of methoxy groups -OCH3 is 1. The summed E-state index contributed by atoms with van der Waals surface area (Å²) in [6, 6.07) is 0. The van der Waals surface area contributed by atoms with Gasteiger partial charge in [-0.1, -0.05) is 26.2 Å². The van der Waals surface area contributed by atoms with Crippen LogP contribution in [-0.4, -0.2) is 13.2 Å². The molecule has 0 N–H and O–H groups in total. The zero-order chi connectivity index (χ0) is 8.10. The van der Waals surface area contributed by atoms with Crippen molar-refractivity contribution in [3.05, 3.63) is 0 Å². The molecule has 0 radical (unpaired) electrons. The topological polar surface area (TPSA) is 9.23 Å². The molecule has 1 aliphatic carbocycles. The standard InChI is InChI=1S/C10H20O/c1-3-10(11-2)9-7-5-4-6-8-9/h9-10H,3-8H2,1-2H3/t10-/m1/s1. The Labute approximate surface area is 70.1 Å². The summed E-state index contributed by atoms with van der Waals surface area (Å²) in [5.74, 6) is 0.860. The molecule has 0 aromatic carbocycles. The van der Waals surface area contributed by atoms with E-state index >= 15 is 0 Å². The van der Waals surface area contributed by atoms with Crippen LogP contribution in [0.2, 0.25) is 0 Å². The van der Waals surface area contributed by atoms with Gasteiger partial charge < -0.3 is 4.74 Å². The molecule has 0 spiro atoms. The summed E-state index contributed by atoms with van der Waals surface area (Å²) in [6.45, 7) is 2.22. The average molecular weight is 156 g/mol. The smallest absolute Gasteiger partial charge is 0.0596 e.